The highest BCUT2D eigenvalue weighted by molar-refractivity contribution is 7.98. The summed E-state index contributed by atoms with van der Waals surface area (Å²) in [5.41, 5.74) is 1.68. The molecule has 2 rings (SSSR count). The largest absolute Gasteiger partial charge is 0.298 e. The first-order valence-corrected chi connectivity index (χ1v) is 9.40. The maximum atomic E-state index is 4.49. The van der Waals surface area contributed by atoms with E-state index in [0.717, 1.165) is 18.1 Å². The molecule has 1 saturated heterocycles. The highest BCUT2D eigenvalue weighted by atomic mass is 32.2. The summed E-state index contributed by atoms with van der Waals surface area (Å²) in [4.78, 5) is 4.01. The zero-order valence-electron chi connectivity index (χ0n) is 12.9. The summed E-state index contributed by atoms with van der Waals surface area (Å²) in [7, 11) is 0. The molecule has 1 nitrogen and oxygen atoms in total. The van der Waals surface area contributed by atoms with Gasteiger partial charge in [-0.05, 0) is 75.3 Å². The van der Waals surface area contributed by atoms with Crippen LogP contribution in [-0.4, -0.2) is 35.5 Å². The van der Waals surface area contributed by atoms with Crippen LogP contribution in [0.1, 0.15) is 32.3 Å². The van der Waals surface area contributed by atoms with Crippen LogP contribution in [0.5, 0.6) is 0 Å². The highest BCUT2D eigenvalue weighted by Crippen LogP contribution is 2.28. The second-order valence-corrected chi connectivity index (χ2v) is 7.72. The molecule has 0 aliphatic carbocycles. The van der Waals surface area contributed by atoms with Gasteiger partial charge in [-0.2, -0.15) is 12.6 Å². The molecule has 0 bridgehead atoms. The van der Waals surface area contributed by atoms with Crippen LogP contribution in [0.2, 0.25) is 0 Å². The summed E-state index contributed by atoms with van der Waals surface area (Å²) in [6, 6.07) is 9.05. The second kappa shape index (κ2) is 7.24. The Bertz CT molecular complexity index is 414. The van der Waals surface area contributed by atoms with E-state index >= 15 is 0 Å². The molecule has 1 heterocycles. The average molecular weight is 310 g/mol. The zero-order chi connectivity index (χ0) is 14.6. The van der Waals surface area contributed by atoms with Gasteiger partial charge in [-0.3, -0.25) is 4.90 Å². The third-order valence-corrected chi connectivity index (χ3v) is 5.69. The predicted molar refractivity (Wildman–Crippen MR) is 94.2 cm³/mol. The Labute approximate surface area is 133 Å². The van der Waals surface area contributed by atoms with Gasteiger partial charge in [-0.15, -0.1) is 11.8 Å². The Kier molecular flexibility index (Phi) is 5.88. The molecule has 1 aromatic carbocycles. The molecule has 0 radical (unpaired) electrons. The topological polar surface area (TPSA) is 3.24 Å². The minimum atomic E-state index is 0.239. The van der Waals surface area contributed by atoms with Crippen molar-refractivity contribution >= 4 is 24.4 Å². The minimum absolute atomic E-state index is 0.239. The Balaban J connectivity index is 2.01. The number of thiol groups is 1. The quantitative estimate of drug-likeness (QED) is 0.635. The van der Waals surface area contributed by atoms with E-state index < -0.39 is 0 Å². The van der Waals surface area contributed by atoms with Crippen molar-refractivity contribution in [3.8, 4) is 0 Å². The molecule has 3 heteroatoms. The number of hydrogen-bond acceptors (Lipinski definition) is 3. The van der Waals surface area contributed by atoms with E-state index in [-0.39, 0.29) is 5.54 Å². The zero-order valence-corrected chi connectivity index (χ0v) is 14.6. The first-order chi connectivity index (χ1) is 9.55. The molecular formula is C17H27NS2. The Morgan fingerprint density at radius 1 is 1.30 bits per heavy atom. The molecular weight excluding hydrogens is 282 g/mol. The lowest BCUT2D eigenvalue weighted by atomic mass is 9.89. The van der Waals surface area contributed by atoms with Crippen molar-refractivity contribution in [1.29, 1.82) is 0 Å². The van der Waals surface area contributed by atoms with Crippen molar-refractivity contribution in [2.24, 2.45) is 5.92 Å². The van der Waals surface area contributed by atoms with Gasteiger partial charge in [0.05, 0.1) is 0 Å². The van der Waals surface area contributed by atoms with Crippen molar-refractivity contribution in [2.45, 2.75) is 43.5 Å². The summed E-state index contributed by atoms with van der Waals surface area (Å²) in [5, 5.41) is 0. The number of nitrogens with zero attached hydrogens (tertiary/aromatic N) is 1. The number of likely N-dealkylation sites (tertiary alicyclic amines) is 1. The fourth-order valence-electron chi connectivity index (χ4n) is 3.12. The van der Waals surface area contributed by atoms with Gasteiger partial charge in [0.1, 0.15) is 0 Å². The molecule has 1 aliphatic rings. The van der Waals surface area contributed by atoms with Gasteiger partial charge in [0, 0.05) is 17.0 Å². The standard InChI is InChI=1S/C17H27NS2/c1-17(2,18-10-4-5-15(12-18)13-19)11-14-6-8-16(20-3)9-7-14/h6-9,15,19H,4-5,10-13H2,1-3H3. The second-order valence-electron chi connectivity index (χ2n) is 6.47. The SMILES string of the molecule is CSc1ccc(CC(C)(C)N2CCCC(CS)C2)cc1. The van der Waals surface area contributed by atoms with E-state index in [4.69, 9.17) is 0 Å². The number of piperidine rings is 1. The van der Waals surface area contributed by atoms with E-state index in [1.54, 1.807) is 0 Å². The van der Waals surface area contributed by atoms with Gasteiger partial charge in [-0.1, -0.05) is 12.1 Å². The van der Waals surface area contributed by atoms with Crippen molar-refractivity contribution < 1.29 is 0 Å². The van der Waals surface area contributed by atoms with Crippen LogP contribution in [0.3, 0.4) is 0 Å². The van der Waals surface area contributed by atoms with E-state index in [2.05, 4.69) is 61.9 Å². The molecule has 0 saturated carbocycles. The Morgan fingerprint density at radius 2 is 2.00 bits per heavy atom. The summed E-state index contributed by atoms with van der Waals surface area (Å²) in [6.45, 7) is 7.21. The molecule has 0 N–H and O–H groups in total. The lowest BCUT2D eigenvalue weighted by molar-refractivity contribution is 0.0727. The fraction of sp³-hybridized carbons (Fsp3) is 0.647. The highest BCUT2D eigenvalue weighted by Gasteiger charge is 2.31. The van der Waals surface area contributed by atoms with E-state index in [9.17, 15) is 0 Å². The fourth-order valence-corrected chi connectivity index (χ4v) is 3.82. The van der Waals surface area contributed by atoms with Gasteiger partial charge in [0.15, 0.2) is 0 Å². The van der Waals surface area contributed by atoms with Crippen LogP contribution in [0.25, 0.3) is 0 Å². The van der Waals surface area contributed by atoms with Gasteiger partial charge in [0.2, 0.25) is 0 Å². The normalized spacial score (nSPS) is 21.1. The monoisotopic (exact) mass is 309 g/mol. The van der Waals surface area contributed by atoms with Gasteiger partial charge >= 0.3 is 0 Å². The van der Waals surface area contributed by atoms with E-state index in [0.29, 0.717) is 0 Å². The molecule has 1 unspecified atom stereocenters. The van der Waals surface area contributed by atoms with Gasteiger partial charge in [-0.25, -0.2) is 0 Å². The predicted octanol–water partition coefficient (Wildman–Crippen LogP) is 4.37. The van der Waals surface area contributed by atoms with E-state index in [1.807, 2.05) is 11.8 Å². The van der Waals surface area contributed by atoms with Crippen molar-refractivity contribution in [2.75, 3.05) is 25.1 Å². The molecule has 0 spiro atoms. The summed E-state index contributed by atoms with van der Waals surface area (Å²) in [6.07, 6.45) is 5.92. The van der Waals surface area contributed by atoms with Crippen LogP contribution < -0.4 is 0 Å². The first-order valence-electron chi connectivity index (χ1n) is 7.54. The first kappa shape index (κ1) is 16.3. The molecule has 112 valence electrons. The van der Waals surface area contributed by atoms with Gasteiger partial charge < -0.3 is 0 Å². The van der Waals surface area contributed by atoms with Crippen LogP contribution >= 0.6 is 24.4 Å². The van der Waals surface area contributed by atoms with Crippen molar-refractivity contribution in [3.05, 3.63) is 29.8 Å². The van der Waals surface area contributed by atoms with E-state index in [1.165, 1.54) is 36.4 Å². The summed E-state index contributed by atoms with van der Waals surface area (Å²) in [5.74, 6) is 1.79. The average Bonchev–Trinajstić information content (AvgIpc) is 2.48. The van der Waals surface area contributed by atoms with Crippen LogP contribution in [0.15, 0.2) is 29.2 Å². The molecule has 1 aliphatic heterocycles. The Morgan fingerprint density at radius 3 is 2.60 bits per heavy atom. The summed E-state index contributed by atoms with van der Waals surface area (Å²) >= 11 is 6.30. The molecule has 1 aromatic rings. The summed E-state index contributed by atoms with van der Waals surface area (Å²) < 4.78 is 0. The number of rotatable bonds is 5. The maximum absolute atomic E-state index is 4.49. The molecule has 20 heavy (non-hydrogen) atoms. The van der Waals surface area contributed by atoms with Crippen LogP contribution in [0.4, 0.5) is 0 Å². The van der Waals surface area contributed by atoms with Crippen molar-refractivity contribution in [1.82, 2.24) is 4.90 Å². The smallest absolute Gasteiger partial charge is 0.0193 e. The number of benzene rings is 1. The van der Waals surface area contributed by atoms with Gasteiger partial charge in [0.25, 0.3) is 0 Å². The molecule has 1 atom stereocenters. The van der Waals surface area contributed by atoms with Crippen LogP contribution in [0, 0.1) is 5.92 Å². The maximum Gasteiger partial charge on any atom is 0.0193 e. The molecule has 1 fully saturated rings. The van der Waals surface area contributed by atoms with Crippen LogP contribution in [-0.2, 0) is 6.42 Å². The Hall–Kier alpha value is -0.120. The number of thioether (sulfide) groups is 1. The lowest BCUT2D eigenvalue weighted by Crippen LogP contribution is -2.50. The molecule has 0 aromatic heterocycles. The number of hydrogen-bond donors (Lipinski definition) is 1. The third-order valence-electron chi connectivity index (χ3n) is 4.43. The third kappa shape index (κ3) is 4.19. The lowest BCUT2D eigenvalue weighted by Gasteiger charge is -2.43. The minimum Gasteiger partial charge on any atom is -0.298 e. The van der Waals surface area contributed by atoms with Crippen molar-refractivity contribution in [3.63, 3.8) is 0 Å². The molecule has 0 amide bonds.